The predicted molar refractivity (Wildman–Crippen MR) is 58.7 cm³/mol. The van der Waals surface area contributed by atoms with E-state index in [1.807, 2.05) is 13.8 Å². The Bertz CT molecular complexity index is 391. The second-order valence-electron chi connectivity index (χ2n) is 4.25. The lowest BCUT2D eigenvalue weighted by Crippen LogP contribution is -2.31. The Balaban J connectivity index is 2.16. The molecule has 0 unspecified atom stereocenters. The average Bonchev–Trinajstić information content (AvgIpc) is 2.62. The van der Waals surface area contributed by atoms with Crippen LogP contribution in [0.1, 0.15) is 13.8 Å². The van der Waals surface area contributed by atoms with E-state index in [4.69, 9.17) is 0 Å². The van der Waals surface area contributed by atoms with Crippen LogP contribution in [0.3, 0.4) is 0 Å². The maximum absolute atomic E-state index is 12.7. The van der Waals surface area contributed by atoms with Gasteiger partial charge >= 0.3 is 6.03 Å². The molecule has 2 heterocycles. The second-order valence-corrected chi connectivity index (χ2v) is 4.25. The van der Waals surface area contributed by atoms with E-state index in [1.54, 1.807) is 0 Å². The van der Waals surface area contributed by atoms with Crippen molar-refractivity contribution in [3.8, 4) is 0 Å². The number of nitrogens with one attached hydrogen (secondary N) is 1. The van der Waals surface area contributed by atoms with E-state index in [0.29, 0.717) is 18.3 Å². The molecule has 16 heavy (non-hydrogen) atoms. The first-order valence-electron chi connectivity index (χ1n) is 5.27. The molecule has 1 aliphatic heterocycles. The van der Waals surface area contributed by atoms with Gasteiger partial charge in [-0.2, -0.15) is 0 Å². The van der Waals surface area contributed by atoms with Crippen LogP contribution in [0.15, 0.2) is 18.3 Å². The molecule has 4 nitrogen and oxygen atoms in total. The van der Waals surface area contributed by atoms with Crippen LogP contribution in [-0.4, -0.2) is 23.6 Å². The lowest BCUT2D eigenvalue weighted by atomic mass is 10.1. The Morgan fingerprint density at radius 2 is 2.31 bits per heavy atom. The van der Waals surface area contributed by atoms with Gasteiger partial charge in [-0.25, -0.2) is 14.2 Å². The van der Waals surface area contributed by atoms with Crippen LogP contribution in [0.5, 0.6) is 0 Å². The number of nitrogens with zero attached hydrogens (tertiary/aromatic N) is 2. The van der Waals surface area contributed by atoms with Gasteiger partial charge in [0.05, 0.1) is 12.2 Å². The van der Waals surface area contributed by atoms with Crippen molar-refractivity contribution in [2.24, 2.45) is 5.92 Å². The summed E-state index contributed by atoms with van der Waals surface area (Å²) in [5.41, 5.74) is 0. The number of carbonyl (C=O) groups excluding carboxylic acids is 1. The van der Waals surface area contributed by atoms with Crippen LogP contribution < -0.4 is 10.2 Å². The van der Waals surface area contributed by atoms with E-state index in [0.717, 1.165) is 6.20 Å². The summed E-state index contributed by atoms with van der Waals surface area (Å²) < 4.78 is 12.7. The zero-order valence-corrected chi connectivity index (χ0v) is 9.27. The van der Waals surface area contributed by atoms with Crippen LogP contribution in [0.4, 0.5) is 15.0 Å². The number of aromatic nitrogens is 1. The number of hydrogen-bond acceptors (Lipinski definition) is 2. The Morgan fingerprint density at radius 1 is 1.56 bits per heavy atom. The fourth-order valence-electron chi connectivity index (χ4n) is 1.66. The summed E-state index contributed by atoms with van der Waals surface area (Å²) in [5.74, 6) is 0.459. The Morgan fingerprint density at radius 3 is 2.81 bits per heavy atom. The SMILES string of the molecule is CC(C)[C@H]1CN(c2ccc(F)cn2)C(=O)N1. The Kier molecular flexibility index (Phi) is 2.77. The average molecular weight is 223 g/mol. The number of pyridine rings is 1. The minimum atomic E-state index is -0.399. The van der Waals surface area contributed by atoms with Crippen molar-refractivity contribution in [3.05, 3.63) is 24.1 Å². The van der Waals surface area contributed by atoms with Crippen LogP contribution in [0.25, 0.3) is 0 Å². The molecule has 1 N–H and O–H groups in total. The fraction of sp³-hybridized carbons (Fsp3) is 0.455. The van der Waals surface area contributed by atoms with Gasteiger partial charge in [0.2, 0.25) is 0 Å². The molecule has 2 amide bonds. The largest absolute Gasteiger partial charge is 0.333 e. The normalized spacial score (nSPS) is 20.4. The molecule has 0 aliphatic carbocycles. The minimum Gasteiger partial charge on any atom is -0.333 e. The fourth-order valence-corrected chi connectivity index (χ4v) is 1.66. The summed E-state index contributed by atoms with van der Waals surface area (Å²) in [5, 5.41) is 2.87. The van der Waals surface area contributed by atoms with Crippen molar-refractivity contribution >= 4 is 11.8 Å². The van der Waals surface area contributed by atoms with Crippen LogP contribution >= 0.6 is 0 Å². The van der Waals surface area contributed by atoms with Gasteiger partial charge in [0.25, 0.3) is 0 Å². The molecule has 1 aromatic heterocycles. The first kappa shape index (κ1) is 10.9. The topological polar surface area (TPSA) is 45.2 Å². The van der Waals surface area contributed by atoms with Crippen molar-refractivity contribution in [3.63, 3.8) is 0 Å². The molecule has 1 atom stereocenters. The maximum atomic E-state index is 12.7. The number of halogens is 1. The molecule has 2 rings (SSSR count). The Hall–Kier alpha value is -1.65. The van der Waals surface area contributed by atoms with E-state index >= 15 is 0 Å². The summed E-state index contributed by atoms with van der Waals surface area (Å²) in [7, 11) is 0. The molecule has 1 fully saturated rings. The molecule has 0 radical (unpaired) electrons. The van der Waals surface area contributed by atoms with Crippen molar-refractivity contribution < 1.29 is 9.18 Å². The number of carbonyl (C=O) groups is 1. The molecule has 5 heteroatoms. The highest BCUT2D eigenvalue weighted by atomic mass is 19.1. The molecule has 86 valence electrons. The van der Waals surface area contributed by atoms with Crippen LogP contribution in [-0.2, 0) is 0 Å². The van der Waals surface area contributed by atoms with Crippen molar-refractivity contribution in [2.45, 2.75) is 19.9 Å². The molecule has 1 aromatic rings. The maximum Gasteiger partial charge on any atom is 0.323 e. The van der Waals surface area contributed by atoms with Gasteiger partial charge in [0, 0.05) is 6.54 Å². The molecular formula is C11H14FN3O. The van der Waals surface area contributed by atoms with Gasteiger partial charge in [0.1, 0.15) is 11.6 Å². The van der Waals surface area contributed by atoms with Gasteiger partial charge in [-0.15, -0.1) is 0 Å². The highest BCUT2D eigenvalue weighted by Gasteiger charge is 2.31. The van der Waals surface area contributed by atoms with Gasteiger partial charge < -0.3 is 5.32 Å². The van der Waals surface area contributed by atoms with Crippen molar-refractivity contribution in [2.75, 3.05) is 11.4 Å². The molecule has 0 aromatic carbocycles. The summed E-state index contributed by atoms with van der Waals surface area (Å²) in [6.07, 6.45) is 1.12. The van der Waals surface area contributed by atoms with Crippen LogP contribution in [0, 0.1) is 11.7 Å². The predicted octanol–water partition coefficient (Wildman–Crippen LogP) is 1.77. The third kappa shape index (κ3) is 1.98. The molecular weight excluding hydrogens is 209 g/mol. The summed E-state index contributed by atoms with van der Waals surface area (Å²) in [4.78, 5) is 17.1. The van der Waals surface area contributed by atoms with E-state index < -0.39 is 5.82 Å². The third-order valence-corrected chi connectivity index (χ3v) is 2.73. The summed E-state index contributed by atoms with van der Waals surface area (Å²) >= 11 is 0. The van der Waals surface area contributed by atoms with E-state index in [2.05, 4.69) is 10.3 Å². The molecule has 0 bridgehead atoms. The highest BCUT2D eigenvalue weighted by molar-refractivity contribution is 5.93. The van der Waals surface area contributed by atoms with Crippen molar-refractivity contribution in [1.82, 2.24) is 10.3 Å². The first-order chi connectivity index (χ1) is 7.58. The van der Waals surface area contributed by atoms with E-state index in [9.17, 15) is 9.18 Å². The molecule has 0 spiro atoms. The first-order valence-corrected chi connectivity index (χ1v) is 5.27. The molecule has 1 saturated heterocycles. The lowest BCUT2D eigenvalue weighted by Gasteiger charge is -2.14. The lowest BCUT2D eigenvalue weighted by molar-refractivity contribution is 0.249. The zero-order chi connectivity index (χ0) is 11.7. The van der Waals surface area contributed by atoms with E-state index in [-0.39, 0.29) is 12.1 Å². The summed E-state index contributed by atoms with van der Waals surface area (Å²) in [6, 6.07) is 2.77. The van der Waals surface area contributed by atoms with E-state index in [1.165, 1.54) is 17.0 Å². The van der Waals surface area contributed by atoms with Gasteiger partial charge in [-0.1, -0.05) is 13.8 Å². The monoisotopic (exact) mass is 223 g/mol. The third-order valence-electron chi connectivity index (χ3n) is 2.73. The molecule has 1 aliphatic rings. The standard InChI is InChI=1S/C11H14FN3O/c1-7(2)9-6-15(11(16)14-9)10-4-3-8(12)5-13-10/h3-5,7,9H,6H2,1-2H3,(H,14,16)/t9-/m1/s1. The number of anilines is 1. The number of amides is 2. The number of hydrogen-bond donors (Lipinski definition) is 1. The zero-order valence-electron chi connectivity index (χ0n) is 9.27. The van der Waals surface area contributed by atoms with Crippen molar-refractivity contribution in [1.29, 1.82) is 0 Å². The second kappa shape index (κ2) is 4.08. The Labute approximate surface area is 93.5 Å². The smallest absolute Gasteiger partial charge is 0.323 e. The minimum absolute atomic E-state index is 0.124. The number of rotatable bonds is 2. The van der Waals surface area contributed by atoms with Gasteiger partial charge in [-0.3, -0.25) is 4.90 Å². The van der Waals surface area contributed by atoms with Gasteiger partial charge in [-0.05, 0) is 18.1 Å². The summed E-state index contributed by atoms with van der Waals surface area (Å²) in [6.45, 7) is 4.67. The molecule has 0 saturated carbocycles. The quantitative estimate of drug-likeness (QED) is 0.830. The van der Waals surface area contributed by atoms with Crippen LogP contribution in [0.2, 0.25) is 0 Å². The number of urea groups is 1. The highest BCUT2D eigenvalue weighted by Crippen LogP contribution is 2.18. The van der Waals surface area contributed by atoms with Gasteiger partial charge in [0.15, 0.2) is 0 Å².